The van der Waals surface area contributed by atoms with Crippen LogP contribution in [0.1, 0.15) is 21.7 Å². The van der Waals surface area contributed by atoms with E-state index in [9.17, 15) is 4.79 Å². The average molecular weight is 421 g/mol. The van der Waals surface area contributed by atoms with Crippen molar-refractivity contribution in [2.24, 2.45) is 0 Å². The zero-order chi connectivity index (χ0) is 22.0. The molecule has 162 valence electrons. The zero-order valence-electron chi connectivity index (χ0n) is 18.5. The van der Waals surface area contributed by atoms with Crippen LogP contribution in [0.25, 0.3) is 5.69 Å². The van der Waals surface area contributed by atoms with Gasteiger partial charge in [-0.05, 0) is 38.1 Å². The van der Waals surface area contributed by atoms with Gasteiger partial charge in [0.2, 0.25) is 0 Å². The van der Waals surface area contributed by atoms with E-state index in [1.54, 1.807) is 32.4 Å². The van der Waals surface area contributed by atoms with Crippen LogP contribution in [-0.4, -0.2) is 61.0 Å². The van der Waals surface area contributed by atoms with Crippen molar-refractivity contribution in [1.29, 1.82) is 0 Å². The normalized spacial score (nSPS) is 13.9. The SMILES string of the molecule is COc1ccc(C(=O)N2CCN(c3c(C)nn(-c4ccccc4)c3C)CC2)c(OC)c1. The third kappa shape index (κ3) is 3.95. The minimum absolute atomic E-state index is 0.0208. The molecule has 0 bridgehead atoms. The first-order valence-corrected chi connectivity index (χ1v) is 10.4. The van der Waals surface area contributed by atoms with Crippen molar-refractivity contribution in [2.45, 2.75) is 13.8 Å². The highest BCUT2D eigenvalue weighted by Crippen LogP contribution is 2.29. The number of nitrogens with zero attached hydrogens (tertiary/aromatic N) is 4. The second-order valence-electron chi connectivity index (χ2n) is 7.61. The minimum atomic E-state index is -0.0208. The van der Waals surface area contributed by atoms with Gasteiger partial charge in [0.25, 0.3) is 5.91 Å². The van der Waals surface area contributed by atoms with Crippen molar-refractivity contribution in [3.63, 3.8) is 0 Å². The summed E-state index contributed by atoms with van der Waals surface area (Å²) in [5.41, 5.74) is 4.87. The molecule has 7 nitrogen and oxygen atoms in total. The van der Waals surface area contributed by atoms with Crippen LogP contribution in [0.15, 0.2) is 48.5 Å². The Morgan fingerprint density at radius 2 is 1.65 bits per heavy atom. The van der Waals surface area contributed by atoms with E-state index in [1.165, 1.54) is 0 Å². The maximum absolute atomic E-state index is 13.1. The molecule has 2 aromatic carbocycles. The van der Waals surface area contributed by atoms with Crippen LogP contribution < -0.4 is 14.4 Å². The Balaban J connectivity index is 1.50. The summed E-state index contributed by atoms with van der Waals surface area (Å²) in [7, 11) is 3.17. The molecule has 1 aliphatic heterocycles. The molecular formula is C24H28N4O3. The number of ether oxygens (including phenoxy) is 2. The highest BCUT2D eigenvalue weighted by Gasteiger charge is 2.27. The number of carbonyl (C=O) groups excluding carboxylic acids is 1. The molecule has 1 fully saturated rings. The molecule has 0 spiro atoms. The van der Waals surface area contributed by atoms with E-state index >= 15 is 0 Å². The van der Waals surface area contributed by atoms with Crippen molar-refractivity contribution in [3.05, 3.63) is 65.5 Å². The number of piperazine rings is 1. The van der Waals surface area contributed by atoms with Crippen LogP contribution in [0, 0.1) is 13.8 Å². The van der Waals surface area contributed by atoms with Gasteiger partial charge in [-0.3, -0.25) is 4.79 Å². The fraction of sp³-hybridized carbons (Fsp3) is 0.333. The summed E-state index contributed by atoms with van der Waals surface area (Å²) in [6.07, 6.45) is 0. The Morgan fingerprint density at radius 3 is 2.29 bits per heavy atom. The number of aromatic nitrogens is 2. The molecule has 1 aliphatic rings. The van der Waals surface area contributed by atoms with Gasteiger partial charge in [0.05, 0.1) is 42.5 Å². The molecule has 2 heterocycles. The number of hydrogen-bond acceptors (Lipinski definition) is 5. The Kier molecular flexibility index (Phi) is 5.84. The van der Waals surface area contributed by atoms with Gasteiger partial charge in [-0.2, -0.15) is 5.10 Å². The molecule has 7 heteroatoms. The number of aryl methyl sites for hydroxylation is 1. The summed E-state index contributed by atoms with van der Waals surface area (Å²) in [4.78, 5) is 17.3. The van der Waals surface area contributed by atoms with Crippen molar-refractivity contribution in [2.75, 3.05) is 45.3 Å². The molecule has 0 atom stereocenters. The number of carbonyl (C=O) groups is 1. The van der Waals surface area contributed by atoms with Gasteiger partial charge in [0, 0.05) is 32.2 Å². The van der Waals surface area contributed by atoms with E-state index in [0.717, 1.165) is 35.9 Å². The van der Waals surface area contributed by atoms with Crippen LogP contribution in [0.3, 0.4) is 0 Å². The van der Waals surface area contributed by atoms with Crippen LogP contribution in [0.4, 0.5) is 5.69 Å². The Hall–Kier alpha value is -3.48. The quantitative estimate of drug-likeness (QED) is 0.633. The van der Waals surface area contributed by atoms with Gasteiger partial charge in [0.15, 0.2) is 0 Å². The van der Waals surface area contributed by atoms with Crippen molar-refractivity contribution >= 4 is 11.6 Å². The van der Waals surface area contributed by atoms with Crippen molar-refractivity contribution < 1.29 is 14.3 Å². The number of para-hydroxylation sites is 1. The van der Waals surface area contributed by atoms with Crippen molar-refractivity contribution in [1.82, 2.24) is 14.7 Å². The number of amides is 1. The lowest BCUT2D eigenvalue weighted by molar-refractivity contribution is 0.0743. The summed E-state index contributed by atoms with van der Waals surface area (Å²) in [5, 5.41) is 4.76. The predicted molar refractivity (Wildman–Crippen MR) is 121 cm³/mol. The monoisotopic (exact) mass is 420 g/mol. The maximum atomic E-state index is 13.1. The van der Waals surface area contributed by atoms with E-state index in [-0.39, 0.29) is 5.91 Å². The van der Waals surface area contributed by atoms with Gasteiger partial charge < -0.3 is 19.3 Å². The molecule has 0 aliphatic carbocycles. The van der Waals surface area contributed by atoms with Crippen LogP contribution in [0.5, 0.6) is 11.5 Å². The molecule has 1 saturated heterocycles. The van der Waals surface area contributed by atoms with Gasteiger partial charge in [0.1, 0.15) is 11.5 Å². The Morgan fingerprint density at radius 1 is 0.935 bits per heavy atom. The number of rotatable bonds is 5. The molecule has 3 aromatic rings. The summed E-state index contributed by atoms with van der Waals surface area (Å²) in [6.45, 7) is 6.94. The Labute approximate surface area is 182 Å². The summed E-state index contributed by atoms with van der Waals surface area (Å²) < 4.78 is 12.6. The number of benzene rings is 2. The first-order chi connectivity index (χ1) is 15.0. The van der Waals surface area contributed by atoms with E-state index in [1.807, 2.05) is 34.7 Å². The molecule has 1 amide bonds. The Bertz CT molecular complexity index is 1070. The zero-order valence-corrected chi connectivity index (χ0v) is 18.5. The second kappa shape index (κ2) is 8.71. The summed E-state index contributed by atoms with van der Waals surface area (Å²) >= 11 is 0. The fourth-order valence-corrected chi connectivity index (χ4v) is 4.19. The van der Waals surface area contributed by atoms with E-state index < -0.39 is 0 Å². The van der Waals surface area contributed by atoms with E-state index in [2.05, 4.69) is 24.0 Å². The third-order valence-electron chi connectivity index (χ3n) is 5.78. The maximum Gasteiger partial charge on any atom is 0.257 e. The van der Waals surface area contributed by atoms with Gasteiger partial charge >= 0.3 is 0 Å². The average Bonchev–Trinajstić information content (AvgIpc) is 3.12. The first kappa shape index (κ1) is 20.8. The lowest BCUT2D eigenvalue weighted by atomic mass is 10.1. The molecule has 0 N–H and O–H groups in total. The molecule has 0 saturated carbocycles. The number of anilines is 1. The highest BCUT2D eigenvalue weighted by molar-refractivity contribution is 5.97. The fourth-order valence-electron chi connectivity index (χ4n) is 4.19. The van der Waals surface area contributed by atoms with Crippen LogP contribution in [0.2, 0.25) is 0 Å². The molecule has 31 heavy (non-hydrogen) atoms. The van der Waals surface area contributed by atoms with Gasteiger partial charge in [-0.1, -0.05) is 18.2 Å². The molecule has 4 rings (SSSR count). The molecule has 0 radical (unpaired) electrons. The molecule has 1 aromatic heterocycles. The van der Waals surface area contributed by atoms with Gasteiger partial charge in [-0.25, -0.2) is 4.68 Å². The first-order valence-electron chi connectivity index (χ1n) is 10.4. The third-order valence-corrected chi connectivity index (χ3v) is 5.78. The largest absolute Gasteiger partial charge is 0.497 e. The lowest BCUT2D eigenvalue weighted by Crippen LogP contribution is -2.49. The molecule has 0 unspecified atom stereocenters. The van der Waals surface area contributed by atoms with Crippen molar-refractivity contribution in [3.8, 4) is 17.2 Å². The minimum Gasteiger partial charge on any atom is -0.497 e. The summed E-state index contributed by atoms with van der Waals surface area (Å²) in [5.74, 6) is 1.18. The van der Waals surface area contributed by atoms with Gasteiger partial charge in [-0.15, -0.1) is 0 Å². The highest BCUT2D eigenvalue weighted by atomic mass is 16.5. The van der Waals surface area contributed by atoms with Crippen LogP contribution in [-0.2, 0) is 0 Å². The van der Waals surface area contributed by atoms with Crippen LogP contribution >= 0.6 is 0 Å². The summed E-state index contributed by atoms with van der Waals surface area (Å²) in [6, 6.07) is 15.5. The number of methoxy groups -OCH3 is 2. The van der Waals surface area contributed by atoms with E-state index in [4.69, 9.17) is 14.6 Å². The predicted octanol–water partition coefficient (Wildman–Crippen LogP) is 3.47. The smallest absolute Gasteiger partial charge is 0.257 e. The second-order valence-corrected chi connectivity index (χ2v) is 7.61. The van der Waals surface area contributed by atoms with E-state index in [0.29, 0.717) is 30.2 Å². The standard InChI is InChI=1S/C24H28N4O3/c1-17-23(18(2)28(25-17)19-8-6-5-7-9-19)26-12-14-27(15-13-26)24(29)21-11-10-20(30-3)16-22(21)31-4/h5-11,16H,12-15H2,1-4H3. The topological polar surface area (TPSA) is 59.8 Å². The number of hydrogen-bond donors (Lipinski definition) is 0. The lowest BCUT2D eigenvalue weighted by Gasteiger charge is -2.36. The molecular weight excluding hydrogens is 392 g/mol.